The summed E-state index contributed by atoms with van der Waals surface area (Å²) in [5, 5.41) is -0.141. The quantitative estimate of drug-likeness (QED) is 0.819. The molecular weight excluding hydrogens is 285 g/mol. The Bertz CT molecular complexity index is 685. The molecule has 8 heteroatoms. The number of aromatic amines is 1. The number of hydrogen-bond acceptors (Lipinski definition) is 2. The van der Waals surface area contributed by atoms with Gasteiger partial charge in [0.15, 0.2) is 0 Å². The van der Waals surface area contributed by atoms with E-state index < -0.39 is 23.0 Å². The average molecular weight is 291 g/mol. The Balaban J connectivity index is 2.56. The van der Waals surface area contributed by atoms with Gasteiger partial charge in [0.1, 0.15) is 5.15 Å². The first kappa shape index (κ1) is 13.4. The van der Waals surface area contributed by atoms with Crippen molar-refractivity contribution in [3.63, 3.8) is 0 Å². The molecule has 19 heavy (non-hydrogen) atoms. The van der Waals surface area contributed by atoms with E-state index in [-0.39, 0.29) is 10.8 Å². The Morgan fingerprint density at radius 2 is 1.68 bits per heavy atom. The van der Waals surface area contributed by atoms with Crippen molar-refractivity contribution in [3.8, 4) is 5.69 Å². The summed E-state index contributed by atoms with van der Waals surface area (Å²) in [6.07, 6.45) is -4.48. The first-order valence-electron chi connectivity index (χ1n) is 4.98. The summed E-state index contributed by atoms with van der Waals surface area (Å²) in [5.41, 5.74) is -2.39. The van der Waals surface area contributed by atoms with Crippen molar-refractivity contribution in [1.82, 2.24) is 9.55 Å². The van der Waals surface area contributed by atoms with Gasteiger partial charge in [-0.05, 0) is 24.3 Å². The molecule has 0 radical (unpaired) electrons. The largest absolute Gasteiger partial charge is 0.416 e. The van der Waals surface area contributed by atoms with Crippen molar-refractivity contribution in [2.75, 3.05) is 0 Å². The molecule has 4 nitrogen and oxygen atoms in total. The van der Waals surface area contributed by atoms with Crippen LogP contribution in [0.1, 0.15) is 5.56 Å². The van der Waals surface area contributed by atoms with Gasteiger partial charge in [-0.25, -0.2) is 9.36 Å². The van der Waals surface area contributed by atoms with E-state index in [4.69, 9.17) is 11.6 Å². The van der Waals surface area contributed by atoms with Gasteiger partial charge in [-0.2, -0.15) is 13.2 Å². The topological polar surface area (TPSA) is 54.9 Å². The molecule has 1 aromatic heterocycles. The Labute approximate surface area is 109 Å². The SMILES string of the molecule is O=c1cc(Cl)[nH]c(=O)n1-c1ccc(C(F)(F)F)cc1. The number of benzene rings is 1. The third-order valence-electron chi connectivity index (χ3n) is 2.35. The first-order valence-corrected chi connectivity index (χ1v) is 5.36. The van der Waals surface area contributed by atoms with Crippen LogP contribution in [0.5, 0.6) is 0 Å². The van der Waals surface area contributed by atoms with Crippen LogP contribution in [0.2, 0.25) is 5.15 Å². The van der Waals surface area contributed by atoms with E-state index in [2.05, 4.69) is 4.98 Å². The van der Waals surface area contributed by atoms with Crippen molar-refractivity contribution in [2.24, 2.45) is 0 Å². The molecule has 0 atom stereocenters. The van der Waals surface area contributed by atoms with Gasteiger partial charge in [0, 0.05) is 6.07 Å². The Hall–Kier alpha value is -2.02. The molecular formula is C11H6ClF3N2O2. The van der Waals surface area contributed by atoms with Crippen LogP contribution < -0.4 is 11.2 Å². The molecule has 0 fully saturated rings. The number of H-pyrrole nitrogens is 1. The van der Waals surface area contributed by atoms with Crippen LogP contribution in [-0.4, -0.2) is 9.55 Å². The van der Waals surface area contributed by atoms with E-state index in [0.29, 0.717) is 4.57 Å². The number of hydrogen-bond donors (Lipinski definition) is 1. The van der Waals surface area contributed by atoms with Crippen molar-refractivity contribution in [1.29, 1.82) is 0 Å². The zero-order valence-electron chi connectivity index (χ0n) is 9.16. The Kier molecular flexibility index (Phi) is 3.23. The lowest BCUT2D eigenvalue weighted by molar-refractivity contribution is -0.137. The third-order valence-corrected chi connectivity index (χ3v) is 2.56. The van der Waals surface area contributed by atoms with Gasteiger partial charge in [0.25, 0.3) is 5.56 Å². The molecule has 0 aliphatic heterocycles. The van der Waals surface area contributed by atoms with Crippen LogP contribution in [0, 0.1) is 0 Å². The van der Waals surface area contributed by atoms with E-state index in [1.807, 2.05) is 0 Å². The van der Waals surface area contributed by atoms with Crippen LogP contribution in [-0.2, 0) is 6.18 Å². The third kappa shape index (κ3) is 2.70. The van der Waals surface area contributed by atoms with Crippen LogP contribution in [0.25, 0.3) is 5.69 Å². The minimum atomic E-state index is -4.48. The van der Waals surface area contributed by atoms with E-state index in [1.54, 1.807) is 0 Å². The molecule has 0 unspecified atom stereocenters. The molecule has 0 spiro atoms. The van der Waals surface area contributed by atoms with Gasteiger partial charge in [-0.3, -0.25) is 9.78 Å². The molecule has 2 aromatic rings. The van der Waals surface area contributed by atoms with Gasteiger partial charge in [-0.15, -0.1) is 0 Å². The second-order valence-corrected chi connectivity index (χ2v) is 4.05. The van der Waals surface area contributed by atoms with Gasteiger partial charge in [-0.1, -0.05) is 11.6 Å². The molecule has 100 valence electrons. The molecule has 1 aromatic carbocycles. The average Bonchev–Trinajstić information content (AvgIpc) is 2.27. The number of nitrogens with zero attached hydrogens (tertiary/aromatic N) is 1. The zero-order valence-corrected chi connectivity index (χ0v) is 9.92. The minimum Gasteiger partial charge on any atom is -0.297 e. The molecule has 0 amide bonds. The summed E-state index contributed by atoms with van der Waals surface area (Å²) in [4.78, 5) is 25.3. The van der Waals surface area contributed by atoms with Crippen molar-refractivity contribution < 1.29 is 13.2 Å². The molecule has 0 saturated carbocycles. The van der Waals surface area contributed by atoms with E-state index >= 15 is 0 Å². The maximum absolute atomic E-state index is 12.4. The zero-order chi connectivity index (χ0) is 14.2. The highest BCUT2D eigenvalue weighted by atomic mass is 35.5. The molecule has 0 aliphatic carbocycles. The predicted octanol–water partition coefficient (Wildman–Crippen LogP) is 2.20. The van der Waals surface area contributed by atoms with Crippen LogP contribution in [0.4, 0.5) is 13.2 Å². The number of alkyl halides is 3. The normalized spacial score (nSPS) is 11.6. The number of halogens is 4. The standard InChI is InChI=1S/C11H6ClF3N2O2/c12-8-5-9(18)17(10(19)16-8)7-3-1-6(2-4-7)11(13,14)15/h1-5H,(H,16,19). The molecule has 1 N–H and O–H groups in total. The van der Waals surface area contributed by atoms with E-state index in [0.717, 1.165) is 30.3 Å². The fraction of sp³-hybridized carbons (Fsp3) is 0.0909. The van der Waals surface area contributed by atoms with E-state index in [1.165, 1.54) is 0 Å². The Morgan fingerprint density at radius 3 is 2.16 bits per heavy atom. The summed E-state index contributed by atoms with van der Waals surface area (Å²) >= 11 is 5.48. The van der Waals surface area contributed by atoms with Gasteiger partial charge in [0.05, 0.1) is 11.3 Å². The van der Waals surface area contributed by atoms with Crippen LogP contribution in [0.3, 0.4) is 0 Å². The van der Waals surface area contributed by atoms with Crippen LogP contribution >= 0.6 is 11.6 Å². The van der Waals surface area contributed by atoms with Crippen molar-refractivity contribution in [2.45, 2.75) is 6.18 Å². The summed E-state index contributed by atoms with van der Waals surface area (Å²) in [6, 6.07) is 4.60. The smallest absolute Gasteiger partial charge is 0.297 e. The second-order valence-electron chi connectivity index (χ2n) is 3.64. The highest BCUT2D eigenvalue weighted by Crippen LogP contribution is 2.29. The molecule has 1 heterocycles. The molecule has 0 aliphatic rings. The Morgan fingerprint density at radius 1 is 1.11 bits per heavy atom. The highest BCUT2D eigenvalue weighted by Gasteiger charge is 2.30. The summed E-state index contributed by atoms with van der Waals surface area (Å²) in [5.74, 6) is 0. The van der Waals surface area contributed by atoms with Gasteiger partial charge >= 0.3 is 11.9 Å². The number of aromatic nitrogens is 2. The number of nitrogens with one attached hydrogen (secondary N) is 1. The predicted molar refractivity (Wildman–Crippen MR) is 62.7 cm³/mol. The van der Waals surface area contributed by atoms with Gasteiger partial charge in [0.2, 0.25) is 0 Å². The molecule has 0 saturated heterocycles. The lowest BCUT2D eigenvalue weighted by atomic mass is 10.2. The second kappa shape index (κ2) is 4.58. The first-order chi connectivity index (χ1) is 8.79. The van der Waals surface area contributed by atoms with E-state index in [9.17, 15) is 22.8 Å². The molecule has 0 bridgehead atoms. The fourth-order valence-electron chi connectivity index (χ4n) is 1.51. The lowest BCUT2D eigenvalue weighted by Gasteiger charge is -2.08. The number of rotatable bonds is 1. The minimum absolute atomic E-state index is 0.0240. The fourth-order valence-corrected chi connectivity index (χ4v) is 1.69. The molecule has 2 rings (SSSR count). The van der Waals surface area contributed by atoms with Crippen LogP contribution in [0.15, 0.2) is 39.9 Å². The highest BCUT2D eigenvalue weighted by molar-refractivity contribution is 6.29. The summed E-state index contributed by atoms with van der Waals surface area (Å²) < 4.78 is 37.8. The maximum atomic E-state index is 12.4. The summed E-state index contributed by atoms with van der Waals surface area (Å²) in [7, 11) is 0. The maximum Gasteiger partial charge on any atom is 0.416 e. The monoisotopic (exact) mass is 290 g/mol. The van der Waals surface area contributed by atoms with Crippen molar-refractivity contribution in [3.05, 3.63) is 61.9 Å². The van der Waals surface area contributed by atoms with Gasteiger partial charge < -0.3 is 0 Å². The van der Waals surface area contributed by atoms with Crippen molar-refractivity contribution >= 4 is 11.6 Å². The lowest BCUT2D eigenvalue weighted by Crippen LogP contribution is -2.32. The summed E-state index contributed by atoms with van der Waals surface area (Å²) in [6.45, 7) is 0.